The van der Waals surface area contributed by atoms with E-state index in [1.807, 2.05) is 0 Å². The molecule has 4 nitrogen and oxygen atoms in total. The molecular weight excluding hydrogens is 265 g/mol. The van der Waals surface area contributed by atoms with Crippen molar-refractivity contribution in [1.82, 2.24) is 0 Å². The molecule has 0 saturated carbocycles. The predicted molar refractivity (Wildman–Crippen MR) is 64.5 cm³/mol. The van der Waals surface area contributed by atoms with Crippen LogP contribution in [0, 0.1) is 0 Å². The van der Waals surface area contributed by atoms with E-state index in [1.165, 1.54) is 12.1 Å². The first-order valence-corrected chi connectivity index (χ1v) is 5.80. The molecule has 1 aliphatic rings. The summed E-state index contributed by atoms with van der Waals surface area (Å²) in [5.41, 5.74) is 0.299. The third-order valence-corrected chi connectivity index (χ3v) is 3.12. The molecule has 1 heterocycles. The molecule has 1 saturated heterocycles. The van der Waals surface area contributed by atoms with Gasteiger partial charge in [-0.2, -0.15) is 0 Å². The summed E-state index contributed by atoms with van der Waals surface area (Å²) in [5, 5.41) is 9.43. The molecule has 1 fully saturated rings. The number of hydrogen-bond donors (Lipinski definition) is 1. The highest BCUT2D eigenvalue weighted by Crippen LogP contribution is 2.37. The highest BCUT2D eigenvalue weighted by Gasteiger charge is 2.28. The summed E-state index contributed by atoms with van der Waals surface area (Å²) in [6, 6.07) is 2.70. The van der Waals surface area contributed by atoms with E-state index >= 15 is 0 Å². The summed E-state index contributed by atoms with van der Waals surface area (Å²) in [4.78, 5) is 24.4. The summed E-state index contributed by atoms with van der Waals surface area (Å²) >= 11 is 11.5. The number of nitrogens with zero attached hydrogens (tertiary/aromatic N) is 1. The Morgan fingerprint density at radius 3 is 2.00 bits per heavy atom. The molecule has 1 aromatic rings. The van der Waals surface area contributed by atoms with Crippen LogP contribution in [0.2, 0.25) is 10.0 Å². The third-order valence-electron chi connectivity index (χ3n) is 2.54. The summed E-state index contributed by atoms with van der Waals surface area (Å²) in [6.45, 7) is 0. The Balaban J connectivity index is 2.45. The van der Waals surface area contributed by atoms with Gasteiger partial charge >= 0.3 is 0 Å². The van der Waals surface area contributed by atoms with Gasteiger partial charge in [-0.3, -0.25) is 14.5 Å². The Morgan fingerprint density at radius 1 is 1.06 bits per heavy atom. The molecule has 17 heavy (non-hydrogen) atoms. The number of carbonyl (C=O) groups excluding carboxylic acids is 2. The van der Waals surface area contributed by atoms with Crippen LogP contribution in [-0.4, -0.2) is 16.9 Å². The summed E-state index contributed by atoms with van der Waals surface area (Å²) in [7, 11) is 0. The van der Waals surface area contributed by atoms with E-state index in [0.717, 1.165) is 4.90 Å². The van der Waals surface area contributed by atoms with E-state index < -0.39 is 0 Å². The van der Waals surface area contributed by atoms with Crippen LogP contribution in [0.3, 0.4) is 0 Å². The minimum Gasteiger partial charge on any atom is -0.505 e. The number of piperidine rings is 1. The maximum Gasteiger partial charge on any atom is 0.233 e. The number of aromatic hydroxyl groups is 1. The summed E-state index contributed by atoms with van der Waals surface area (Å²) in [5.74, 6) is -0.813. The highest BCUT2D eigenvalue weighted by molar-refractivity contribution is 6.38. The van der Waals surface area contributed by atoms with Crippen molar-refractivity contribution < 1.29 is 14.7 Å². The van der Waals surface area contributed by atoms with Crippen LogP contribution in [0.1, 0.15) is 19.3 Å². The SMILES string of the molecule is O=C1CCCC(=O)N1c1cc(Cl)c(O)c(Cl)c1. The number of rotatable bonds is 1. The molecule has 1 aliphatic heterocycles. The van der Waals surface area contributed by atoms with E-state index in [9.17, 15) is 14.7 Å². The van der Waals surface area contributed by atoms with Crippen molar-refractivity contribution in [2.24, 2.45) is 0 Å². The van der Waals surface area contributed by atoms with Crippen molar-refractivity contribution in [3.63, 3.8) is 0 Å². The van der Waals surface area contributed by atoms with Gasteiger partial charge in [0.1, 0.15) is 0 Å². The van der Waals surface area contributed by atoms with Crippen LogP contribution in [0.4, 0.5) is 5.69 Å². The lowest BCUT2D eigenvalue weighted by atomic mass is 10.1. The second-order valence-corrected chi connectivity index (χ2v) is 4.55. The summed E-state index contributed by atoms with van der Waals surface area (Å²) in [6.07, 6.45) is 1.21. The monoisotopic (exact) mass is 273 g/mol. The number of anilines is 1. The first-order valence-electron chi connectivity index (χ1n) is 5.04. The average Bonchev–Trinajstić information content (AvgIpc) is 2.25. The predicted octanol–water partition coefficient (Wildman–Crippen LogP) is 2.74. The Morgan fingerprint density at radius 2 is 1.53 bits per heavy atom. The van der Waals surface area contributed by atoms with E-state index in [2.05, 4.69) is 0 Å². The van der Waals surface area contributed by atoms with Gasteiger partial charge in [-0.15, -0.1) is 0 Å². The Bertz CT molecular complexity index is 462. The maximum atomic E-state index is 11.7. The van der Waals surface area contributed by atoms with Crippen LogP contribution in [0.15, 0.2) is 12.1 Å². The Hall–Kier alpha value is -1.26. The number of hydrogen-bond acceptors (Lipinski definition) is 3. The zero-order chi connectivity index (χ0) is 12.6. The molecule has 2 amide bonds. The van der Waals surface area contributed by atoms with E-state index in [4.69, 9.17) is 23.2 Å². The van der Waals surface area contributed by atoms with Crippen LogP contribution in [0.5, 0.6) is 5.75 Å². The van der Waals surface area contributed by atoms with Gasteiger partial charge in [0.15, 0.2) is 5.75 Å². The Kier molecular flexibility index (Phi) is 3.26. The van der Waals surface area contributed by atoms with Gasteiger partial charge in [-0.25, -0.2) is 0 Å². The van der Waals surface area contributed by atoms with Crippen LogP contribution in [0.25, 0.3) is 0 Å². The minimum absolute atomic E-state index is 0.0127. The smallest absolute Gasteiger partial charge is 0.233 e. The van der Waals surface area contributed by atoms with Gasteiger partial charge in [-0.05, 0) is 18.6 Å². The average molecular weight is 274 g/mol. The fourth-order valence-electron chi connectivity index (χ4n) is 1.72. The number of phenolic OH excluding ortho intramolecular Hbond substituents is 1. The molecule has 0 spiro atoms. The molecule has 90 valence electrons. The first-order chi connectivity index (χ1) is 8.00. The normalized spacial score (nSPS) is 16.5. The molecule has 1 N–H and O–H groups in total. The molecule has 0 atom stereocenters. The molecule has 6 heteroatoms. The quantitative estimate of drug-likeness (QED) is 0.801. The van der Waals surface area contributed by atoms with Gasteiger partial charge in [0.2, 0.25) is 11.8 Å². The molecule has 0 unspecified atom stereocenters. The number of amides is 2. The van der Waals surface area contributed by atoms with Crippen molar-refractivity contribution in [3.05, 3.63) is 22.2 Å². The fourth-order valence-corrected chi connectivity index (χ4v) is 2.20. The third kappa shape index (κ3) is 2.23. The second-order valence-electron chi connectivity index (χ2n) is 3.73. The van der Waals surface area contributed by atoms with Crippen molar-refractivity contribution in [2.45, 2.75) is 19.3 Å². The molecule has 1 aromatic carbocycles. The molecule has 0 aromatic heterocycles. The number of imide groups is 1. The summed E-state index contributed by atoms with van der Waals surface area (Å²) < 4.78 is 0. The lowest BCUT2D eigenvalue weighted by molar-refractivity contribution is -0.129. The zero-order valence-corrected chi connectivity index (χ0v) is 10.3. The number of halogens is 2. The highest BCUT2D eigenvalue weighted by atomic mass is 35.5. The molecular formula is C11H9Cl2NO3. The second kappa shape index (κ2) is 4.55. The number of carbonyl (C=O) groups is 2. The molecule has 2 rings (SSSR count). The number of benzene rings is 1. The van der Waals surface area contributed by atoms with Crippen molar-refractivity contribution >= 4 is 40.7 Å². The van der Waals surface area contributed by atoms with Crippen molar-refractivity contribution in [1.29, 1.82) is 0 Å². The standard InChI is InChI=1S/C11H9Cl2NO3/c12-7-4-6(5-8(13)11(7)17)14-9(15)2-1-3-10(14)16/h4-5,17H,1-3H2. The van der Waals surface area contributed by atoms with E-state index in [1.54, 1.807) is 0 Å². The first kappa shape index (κ1) is 12.2. The maximum absolute atomic E-state index is 11.7. The van der Waals surface area contributed by atoms with Crippen molar-refractivity contribution in [2.75, 3.05) is 4.90 Å². The largest absolute Gasteiger partial charge is 0.505 e. The van der Waals surface area contributed by atoms with Crippen LogP contribution in [-0.2, 0) is 9.59 Å². The molecule has 0 aliphatic carbocycles. The number of phenols is 1. The van der Waals surface area contributed by atoms with Crippen LogP contribution < -0.4 is 4.90 Å². The van der Waals surface area contributed by atoms with Gasteiger partial charge in [0.25, 0.3) is 0 Å². The van der Waals surface area contributed by atoms with Crippen molar-refractivity contribution in [3.8, 4) is 5.75 Å². The zero-order valence-electron chi connectivity index (χ0n) is 8.74. The van der Waals surface area contributed by atoms with E-state index in [-0.39, 0.29) is 27.6 Å². The molecule has 0 radical (unpaired) electrons. The fraction of sp³-hybridized carbons (Fsp3) is 0.273. The topological polar surface area (TPSA) is 57.6 Å². The Labute approximate surface area is 108 Å². The molecule has 0 bridgehead atoms. The van der Waals surface area contributed by atoms with Gasteiger partial charge in [0.05, 0.1) is 15.7 Å². The minimum atomic E-state index is -0.279. The lowest BCUT2D eigenvalue weighted by Crippen LogP contribution is -2.40. The lowest BCUT2D eigenvalue weighted by Gasteiger charge is -2.25. The van der Waals surface area contributed by atoms with Crippen LogP contribution >= 0.6 is 23.2 Å². The van der Waals surface area contributed by atoms with Gasteiger partial charge in [0, 0.05) is 12.8 Å². The van der Waals surface area contributed by atoms with Gasteiger partial charge in [-0.1, -0.05) is 23.2 Å². The van der Waals surface area contributed by atoms with E-state index in [0.29, 0.717) is 24.9 Å². The van der Waals surface area contributed by atoms with Gasteiger partial charge < -0.3 is 5.11 Å².